The maximum absolute atomic E-state index is 13.5. The first-order valence-electron chi connectivity index (χ1n) is 7.32. The number of benzene rings is 1. The normalized spacial score (nSPS) is 13.0. The smallest absolute Gasteiger partial charge is 0.408 e. The molecule has 3 aromatic heterocycles. The van der Waals surface area contributed by atoms with Crippen LogP contribution in [0.2, 0.25) is 0 Å². The minimum Gasteiger partial charge on any atom is -0.408 e. The Kier molecular flexibility index (Phi) is 3.86. The monoisotopic (exact) mass is 466 g/mol. The number of halogens is 7. The van der Waals surface area contributed by atoms with Crippen molar-refractivity contribution in [2.45, 2.75) is 12.4 Å². The van der Waals surface area contributed by atoms with Gasteiger partial charge in [-0.25, -0.2) is 14.8 Å². The standard InChI is InChI=1S/C15H5BrF6N4O2/c16-6-3-5(4-8-10(6)25-13(27)28-8)26-11-7(23-12(26)15(20,21)22)1-2-9(24-11)14(17,18)19/h1-4H,(H,25,27). The van der Waals surface area contributed by atoms with Gasteiger partial charge in [0.05, 0.1) is 5.69 Å². The van der Waals surface area contributed by atoms with E-state index in [4.69, 9.17) is 4.42 Å². The third-order valence-corrected chi connectivity index (χ3v) is 4.40. The van der Waals surface area contributed by atoms with E-state index in [2.05, 4.69) is 30.9 Å². The van der Waals surface area contributed by atoms with Crippen LogP contribution in [-0.2, 0) is 12.4 Å². The third kappa shape index (κ3) is 2.95. The van der Waals surface area contributed by atoms with Gasteiger partial charge >= 0.3 is 18.1 Å². The first-order chi connectivity index (χ1) is 12.9. The van der Waals surface area contributed by atoms with Gasteiger partial charge in [0.2, 0.25) is 5.82 Å². The summed E-state index contributed by atoms with van der Waals surface area (Å²) in [5, 5.41) is 0. The summed E-state index contributed by atoms with van der Waals surface area (Å²) in [6, 6.07) is 3.59. The Hall–Kier alpha value is -2.83. The number of hydrogen-bond donors (Lipinski definition) is 1. The van der Waals surface area contributed by atoms with E-state index in [1.807, 2.05) is 0 Å². The number of alkyl halides is 6. The lowest BCUT2D eigenvalue weighted by atomic mass is 10.2. The van der Waals surface area contributed by atoms with E-state index >= 15 is 0 Å². The van der Waals surface area contributed by atoms with Gasteiger partial charge in [-0.1, -0.05) is 0 Å². The molecule has 28 heavy (non-hydrogen) atoms. The number of aromatic nitrogens is 4. The Morgan fingerprint density at radius 3 is 2.39 bits per heavy atom. The van der Waals surface area contributed by atoms with Crippen LogP contribution in [0.25, 0.3) is 28.0 Å². The van der Waals surface area contributed by atoms with Crippen LogP contribution in [0, 0.1) is 0 Å². The molecule has 0 aliphatic rings. The van der Waals surface area contributed by atoms with Crippen LogP contribution in [0.15, 0.2) is 37.9 Å². The number of H-pyrrole nitrogens is 1. The van der Waals surface area contributed by atoms with Gasteiger partial charge in [0.15, 0.2) is 11.2 Å². The van der Waals surface area contributed by atoms with Crippen molar-refractivity contribution in [1.29, 1.82) is 0 Å². The zero-order valence-corrected chi connectivity index (χ0v) is 14.7. The van der Waals surface area contributed by atoms with E-state index in [9.17, 15) is 31.1 Å². The third-order valence-electron chi connectivity index (χ3n) is 3.78. The number of pyridine rings is 1. The van der Waals surface area contributed by atoms with E-state index < -0.39 is 35.3 Å². The van der Waals surface area contributed by atoms with Gasteiger partial charge in [-0.15, -0.1) is 0 Å². The molecule has 4 aromatic rings. The molecule has 0 saturated carbocycles. The average Bonchev–Trinajstić information content (AvgIpc) is 3.13. The Bertz CT molecular complexity index is 1280. The maximum Gasteiger partial charge on any atom is 0.450 e. The fraction of sp³-hybridized carbons (Fsp3) is 0.133. The molecule has 0 aliphatic carbocycles. The summed E-state index contributed by atoms with van der Waals surface area (Å²) >= 11 is 3.09. The van der Waals surface area contributed by atoms with E-state index in [1.165, 1.54) is 6.07 Å². The highest BCUT2D eigenvalue weighted by Gasteiger charge is 2.40. The average molecular weight is 467 g/mol. The number of nitrogens with one attached hydrogen (secondary N) is 1. The summed E-state index contributed by atoms with van der Waals surface area (Å²) in [5.41, 5.74) is -2.57. The van der Waals surface area contributed by atoms with Gasteiger partial charge < -0.3 is 4.42 Å². The van der Waals surface area contributed by atoms with Crippen LogP contribution in [0.3, 0.4) is 0 Å². The zero-order valence-electron chi connectivity index (χ0n) is 13.1. The number of rotatable bonds is 1. The zero-order chi connectivity index (χ0) is 20.4. The van der Waals surface area contributed by atoms with E-state index in [0.717, 1.165) is 12.1 Å². The van der Waals surface area contributed by atoms with Gasteiger partial charge in [-0.05, 0) is 34.1 Å². The van der Waals surface area contributed by atoms with E-state index in [-0.39, 0.29) is 26.8 Å². The van der Waals surface area contributed by atoms with Crippen molar-refractivity contribution in [2.75, 3.05) is 0 Å². The van der Waals surface area contributed by atoms with Gasteiger partial charge in [-0.2, -0.15) is 26.3 Å². The molecule has 1 N–H and O–H groups in total. The molecule has 0 spiro atoms. The number of oxazole rings is 1. The van der Waals surface area contributed by atoms with Crippen molar-refractivity contribution in [3.8, 4) is 5.69 Å². The van der Waals surface area contributed by atoms with Gasteiger partial charge in [0, 0.05) is 10.5 Å². The molecule has 0 atom stereocenters. The molecular formula is C15H5BrF6N4O2. The predicted molar refractivity (Wildman–Crippen MR) is 87.0 cm³/mol. The molecule has 3 heterocycles. The summed E-state index contributed by atoms with van der Waals surface area (Å²) in [7, 11) is 0. The quantitative estimate of drug-likeness (QED) is 0.414. The van der Waals surface area contributed by atoms with Gasteiger partial charge in [0.1, 0.15) is 16.7 Å². The number of imidazole rings is 1. The summed E-state index contributed by atoms with van der Waals surface area (Å²) in [5.74, 6) is -2.32. The largest absolute Gasteiger partial charge is 0.450 e. The minimum absolute atomic E-state index is 0.101. The molecule has 6 nitrogen and oxygen atoms in total. The fourth-order valence-electron chi connectivity index (χ4n) is 2.68. The Morgan fingerprint density at radius 1 is 1.04 bits per heavy atom. The van der Waals surface area contributed by atoms with E-state index in [0.29, 0.717) is 10.6 Å². The van der Waals surface area contributed by atoms with Crippen molar-refractivity contribution in [3.63, 3.8) is 0 Å². The lowest BCUT2D eigenvalue weighted by Gasteiger charge is -2.12. The predicted octanol–water partition coefficient (Wildman–Crippen LogP) is 4.66. The minimum atomic E-state index is -4.99. The second-order valence-corrected chi connectivity index (χ2v) is 6.48. The molecule has 0 bridgehead atoms. The second kappa shape index (κ2) is 5.83. The van der Waals surface area contributed by atoms with Crippen LogP contribution in [0.1, 0.15) is 11.5 Å². The molecule has 0 radical (unpaired) electrons. The Morgan fingerprint density at radius 2 is 1.75 bits per heavy atom. The molecule has 0 fully saturated rings. The Balaban J connectivity index is 2.10. The Labute approximate surface area is 157 Å². The van der Waals surface area contributed by atoms with Crippen molar-refractivity contribution >= 4 is 38.2 Å². The number of fused-ring (bicyclic) bond motifs is 2. The molecule has 146 valence electrons. The first kappa shape index (κ1) is 18.5. The topological polar surface area (TPSA) is 76.7 Å². The lowest BCUT2D eigenvalue weighted by molar-refractivity contribution is -0.145. The SMILES string of the molecule is O=c1[nH]c2c(Br)cc(-n3c(C(F)(F)F)nc4ccc(C(F)(F)F)nc43)cc2o1. The van der Waals surface area contributed by atoms with E-state index in [1.54, 1.807) is 0 Å². The van der Waals surface area contributed by atoms with Crippen LogP contribution >= 0.6 is 15.9 Å². The number of nitrogens with zero attached hydrogens (tertiary/aromatic N) is 3. The molecule has 0 saturated heterocycles. The fourth-order valence-corrected chi connectivity index (χ4v) is 3.21. The summed E-state index contributed by atoms with van der Waals surface area (Å²) < 4.78 is 84.9. The highest BCUT2D eigenvalue weighted by atomic mass is 79.9. The van der Waals surface area contributed by atoms with Gasteiger partial charge in [-0.3, -0.25) is 9.55 Å². The summed E-state index contributed by atoms with van der Waals surface area (Å²) in [6.45, 7) is 0. The molecule has 0 amide bonds. The highest BCUT2D eigenvalue weighted by molar-refractivity contribution is 9.10. The molecule has 13 heteroatoms. The summed E-state index contributed by atoms with van der Waals surface area (Å²) in [4.78, 5) is 20.4. The van der Waals surface area contributed by atoms with Crippen molar-refractivity contribution in [2.24, 2.45) is 0 Å². The van der Waals surface area contributed by atoms with Gasteiger partial charge in [0.25, 0.3) is 0 Å². The summed E-state index contributed by atoms with van der Waals surface area (Å²) in [6.07, 6.45) is -9.85. The number of aromatic amines is 1. The van der Waals surface area contributed by atoms with Crippen LogP contribution in [0.5, 0.6) is 0 Å². The molecular weight excluding hydrogens is 462 g/mol. The molecule has 1 aromatic carbocycles. The first-order valence-corrected chi connectivity index (χ1v) is 8.11. The lowest BCUT2D eigenvalue weighted by Crippen LogP contribution is -2.14. The van der Waals surface area contributed by atoms with Crippen molar-refractivity contribution in [1.82, 2.24) is 19.5 Å². The molecule has 0 unspecified atom stereocenters. The maximum atomic E-state index is 13.5. The van der Waals surface area contributed by atoms with Crippen molar-refractivity contribution in [3.05, 3.63) is 50.8 Å². The number of hydrogen-bond acceptors (Lipinski definition) is 4. The molecule has 4 rings (SSSR count). The van der Waals surface area contributed by atoms with Crippen LogP contribution in [0.4, 0.5) is 26.3 Å². The van der Waals surface area contributed by atoms with Crippen LogP contribution in [-0.4, -0.2) is 19.5 Å². The van der Waals surface area contributed by atoms with Crippen LogP contribution < -0.4 is 5.76 Å². The van der Waals surface area contributed by atoms with Crippen molar-refractivity contribution < 1.29 is 30.8 Å². The second-order valence-electron chi connectivity index (χ2n) is 5.62. The molecule has 0 aliphatic heterocycles. The highest BCUT2D eigenvalue weighted by Crippen LogP contribution is 2.36.